The van der Waals surface area contributed by atoms with Crippen LogP contribution in [0.1, 0.15) is 101 Å². The van der Waals surface area contributed by atoms with Crippen molar-refractivity contribution < 1.29 is 29.1 Å². The summed E-state index contributed by atoms with van der Waals surface area (Å²) in [5.41, 5.74) is 4.06. The van der Waals surface area contributed by atoms with Gasteiger partial charge in [0, 0.05) is 6.42 Å². The number of aryl methyl sites for hydroxylation is 4. The first kappa shape index (κ1) is 27.5. The van der Waals surface area contributed by atoms with E-state index in [0.717, 1.165) is 41.5 Å². The third-order valence-corrected chi connectivity index (χ3v) is 5.88. The Morgan fingerprint density at radius 2 is 1.03 bits per heavy atom. The highest BCUT2D eigenvalue weighted by molar-refractivity contribution is 5.92. The normalized spacial score (nSPS) is 11.0. The maximum absolute atomic E-state index is 12.6. The monoisotopic (exact) mass is 470 g/mol. The smallest absolute Gasteiger partial charge is 0.290 e. The second kappa shape index (κ2) is 14.5. The van der Waals surface area contributed by atoms with E-state index in [9.17, 15) is 9.59 Å². The van der Waals surface area contributed by atoms with Gasteiger partial charge in [-0.1, -0.05) is 81.8 Å². The number of carbonyl (C=O) groups is 2. The summed E-state index contributed by atoms with van der Waals surface area (Å²) in [5, 5.41) is 0. The Morgan fingerprint density at radius 1 is 0.647 bits per heavy atom. The van der Waals surface area contributed by atoms with Crippen molar-refractivity contribution in [2.75, 3.05) is 0 Å². The molecule has 0 atom stereocenters. The highest BCUT2D eigenvalue weighted by atomic mass is 17.3. The van der Waals surface area contributed by atoms with Crippen molar-refractivity contribution in [2.45, 2.75) is 92.3 Å². The van der Waals surface area contributed by atoms with Crippen LogP contribution in [0.4, 0.5) is 0 Å². The van der Waals surface area contributed by atoms with Crippen LogP contribution in [-0.4, -0.2) is 18.2 Å². The van der Waals surface area contributed by atoms with E-state index in [-0.39, 0.29) is 0 Å². The summed E-state index contributed by atoms with van der Waals surface area (Å²) >= 11 is 0. The SMILES string of the molecule is CCCCCCCCCC(OOC(=O)c1c(C)cccc1C)OOC(=O)c1c(C)cccc1C. The molecule has 0 aliphatic carbocycles. The molecule has 0 heterocycles. The molecular formula is C28H38O6. The summed E-state index contributed by atoms with van der Waals surface area (Å²) < 4.78 is 0. The zero-order valence-corrected chi connectivity index (χ0v) is 21.1. The van der Waals surface area contributed by atoms with Gasteiger partial charge < -0.3 is 0 Å². The summed E-state index contributed by atoms with van der Waals surface area (Å²) in [7, 11) is 0. The van der Waals surface area contributed by atoms with Gasteiger partial charge in [-0.05, 0) is 56.4 Å². The van der Waals surface area contributed by atoms with Gasteiger partial charge in [0.15, 0.2) is 0 Å². The quantitative estimate of drug-likeness (QED) is 0.125. The Labute approximate surface area is 203 Å². The van der Waals surface area contributed by atoms with Crippen molar-refractivity contribution >= 4 is 11.9 Å². The summed E-state index contributed by atoms with van der Waals surface area (Å²) in [6.07, 6.45) is 7.17. The zero-order chi connectivity index (χ0) is 24.9. The standard InChI is InChI=1S/C28H38O6/c1-6-7-8-9-10-11-12-19-24(31-33-27(29)25-20(2)15-13-16-21(25)3)32-34-28(30)26-22(4)17-14-18-23(26)5/h13-18,24H,6-12,19H2,1-5H3. The van der Waals surface area contributed by atoms with Gasteiger partial charge in [0.25, 0.3) is 0 Å². The van der Waals surface area contributed by atoms with Crippen molar-refractivity contribution in [3.8, 4) is 0 Å². The molecule has 2 rings (SSSR count). The minimum atomic E-state index is -1.02. The predicted molar refractivity (Wildman–Crippen MR) is 131 cm³/mol. The van der Waals surface area contributed by atoms with Crippen molar-refractivity contribution in [3.05, 3.63) is 69.8 Å². The van der Waals surface area contributed by atoms with Gasteiger partial charge in [-0.15, -0.1) is 9.78 Å². The second-order valence-corrected chi connectivity index (χ2v) is 8.81. The van der Waals surface area contributed by atoms with Crippen LogP contribution >= 0.6 is 0 Å². The van der Waals surface area contributed by atoms with Crippen LogP contribution in [0.3, 0.4) is 0 Å². The van der Waals surface area contributed by atoms with Gasteiger partial charge in [0.05, 0.1) is 11.1 Å². The van der Waals surface area contributed by atoms with E-state index in [1.165, 1.54) is 25.7 Å². The van der Waals surface area contributed by atoms with Crippen LogP contribution in [0.15, 0.2) is 36.4 Å². The third kappa shape index (κ3) is 8.58. The number of unbranched alkanes of at least 4 members (excludes halogenated alkanes) is 6. The maximum atomic E-state index is 12.6. The molecule has 0 fully saturated rings. The van der Waals surface area contributed by atoms with E-state index in [1.807, 2.05) is 64.1 Å². The molecule has 186 valence electrons. The molecule has 0 saturated carbocycles. The summed E-state index contributed by atoms with van der Waals surface area (Å²) in [6, 6.07) is 11.1. The molecule has 0 saturated heterocycles. The fraction of sp³-hybridized carbons (Fsp3) is 0.500. The lowest BCUT2D eigenvalue weighted by atomic mass is 10.0. The topological polar surface area (TPSA) is 71.1 Å². The highest BCUT2D eigenvalue weighted by Gasteiger charge is 2.22. The average Bonchev–Trinajstić information content (AvgIpc) is 2.79. The molecule has 0 N–H and O–H groups in total. The fourth-order valence-electron chi connectivity index (χ4n) is 3.93. The van der Waals surface area contributed by atoms with Crippen LogP contribution in [0, 0.1) is 27.7 Å². The molecule has 0 unspecified atom stereocenters. The molecule has 0 spiro atoms. The van der Waals surface area contributed by atoms with Crippen LogP contribution in [0.2, 0.25) is 0 Å². The molecule has 0 amide bonds. The minimum absolute atomic E-state index is 0.424. The van der Waals surface area contributed by atoms with Crippen molar-refractivity contribution in [1.82, 2.24) is 0 Å². The highest BCUT2D eigenvalue weighted by Crippen LogP contribution is 2.19. The van der Waals surface area contributed by atoms with Crippen LogP contribution in [0.25, 0.3) is 0 Å². The first-order chi connectivity index (χ1) is 16.3. The lowest BCUT2D eigenvalue weighted by Gasteiger charge is -2.17. The van der Waals surface area contributed by atoms with Gasteiger partial charge in [0.2, 0.25) is 6.29 Å². The Balaban J connectivity index is 1.96. The molecule has 2 aromatic carbocycles. The van der Waals surface area contributed by atoms with E-state index in [1.54, 1.807) is 0 Å². The summed E-state index contributed by atoms with van der Waals surface area (Å²) in [4.78, 5) is 46.0. The summed E-state index contributed by atoms with van der Waals surface area (Å²) in [6.45, 7) is 9.54. The summed E-state index contributed by atoms with van der Waals surface area (Å²) in [5.74, 6) is -1.21. The van der Waals surface area contributed by atoms with Crippen LogP contribution in [0.5, 0.6) is 0 Å². The van der Waals surface area contributed by atoms with Crippen molar-refractivity contribution in [1.29, 1.82) is 0 Å². The predicted octanol–water partition coefficient (Wildman–Crippen LogP) is 7.26. The van der Waals surface area contributed by atoms with E-state index < -0.39 is 18.2 Å². The largest absolute Gasteiger partial charge is 0.373 e. The van der Waals surface area contributed by atoms with E-state index in [0.29, 0.717) is 17.5 Å². The zero-order valence-electron chi connectivity index (χ0n) is 21.1. The molecule has 2 aromatic rings. The number of carbonyl (C=O) groups excluding carboxylic acids is 2. The first-order valence-corrected chi connectivity index (χ1v) is 12.2. The number of benzene rings is 2. The Hall–Kier alpha value is -2.70. The molecule has 0 aliphatic heterocycles. The second-order valence-electron chi connectivity index (χ2n) is 8.81. The molecule has 0 bridgehead atoms. The van der Waals surface area contributed by atoms with Crippen LogP contribution in [-0.2, 0) is 19.6 Å². The molecule has 6 nitrogen and oxygen atoms in total. The third-order valence-electron chi connectivity index (χ3n) is 5.88. The number of rotatable bonds is 14. The first-order valence-electron chi connectivity index (χ1n) is 12.2. The fourth-order valence-corrected chi connectivity index (χ4v) is 3.93. The molecule has 6 heteroatoms. The lowest BCUT2D eigenvalue weighted by molar-refractivity contribution is -0.421. The van der Waals surface area contributed by atoms with Crippen molar-refractivity contribution in [2.24, 2.45) is 0 Å². The number of hydrogen-bond donors (Lipinski definition) is 0. The van der Waals surface area contributed by atoms with Crippen molar-refractivity contribution in [3.63, 3.8) is 0 Å². The Morgan fingerprint density at radius 3 is 1.44 bits per heavy atom. The van der Waals surface area contributed by atoms with E-state index >= 15 is 0 Å². The number of hydrogen-bond acceptors (Lipinski definition) is 6. The van der Waals surface area contributed by atoms with Gasteiger partial charge in [-0.25, -0.2) is 9.59 Å². The van der Waals surface area contributed by atoms with E-state index in [4.69, 9.17) is 19.6 Å². The van der Waals surface area contributed by atoms with Gasteiger partial charge in [-0.3, -0.25) is 9.78 Å². The molecule has 34 heavy (non-hydrogen) atoms. The maximum Gasteiger partial charge on any atom is 0.373 e. The Kier molecular flexibility index (Phi) is 11.8. The Bertz CT molecular complexity index is 828. The average molecular weight is 471 g/mol. The molecule has 0 radical (unpaired) electrons. The minimum Gasteiger partial charge on any atom is -0.290 e. The lowest BCUT2D eigenvalue weighted by Crippen LogP contribution is -2.23. The van der Waals surface area contributed by atoms with Crippen LogP contribution < -0.4 is 0 Å². The molecular weight excluding hydrogens is 432 g/mol. The van der Waals surface area contributed by atoms with Gasteiger partial charge >= 0.3 is 11.9 Å². The van der Waals surface area contributed by atoms with Gasteiger partial charge in [0.1, 0.15) is 0 Å². The molecule has 0 aliphatic rings. The molecule has 0 aromatic heterocycles. The van der Waals surface area contributed by atoms with E-state index in [2.05, 4.69) is 6.92 Å². The van der Waals surface area contributed by atoms with Gasteiger partial charge in [-0.2, -0.15) is 0 Å².